The van der Waals surface area contributed by atoms with E-state index in [0.29, 0.717) is 10.6 Å². The molecule has 1 atom stereocenters. The summed E-state index contributed by atoms with van der Waals surface area (Å²) in [7, 11) is -1.28. The van der Waals surface area contributed by atoms with Gasteiger partial charge in [-0.1, -0.05) is 35.3 Å². The standard InChI is InChI=1S/C16H11Cl2NO4S/c1-9(20)23-15-11(17)6-10(7-12(15)18)16(21)19-8-24(22)14-5-3-2-4-13(14)19/h2-7H,8H2,1H3. The summed E-state index contributed by atoms with van der Waals surface area (Å²) in [5.41, 5.74) is 0.812. The maximum atomic E-state index is 12.8. The Balaban J connectivity index is 1.97. The van der Waals surface area contributed by atoms with Crippen LogP contribution in [0.25, 0.3) is 0 Å². The minimum atomic E-state index is -1.28. The third-order valence-electron chi connectivity index (χ3n) is 3.38. The van der Waals surface area contributed by atoms with Crippen molar-refractivity contribution in [3.63, 3.8) is 0 Å². The molecule has 5 nitrogen and oxygen atoms in total. The number of rotatable bonds is 2. The van der Waals surface area contributed by atoms with Crippen LogP contribution in [0.15, 0.2) is 41.3 Å². The van der Waals surface area contributed by atoms with Gasteiger partial charge in [-0.2, -0.15) is 0 Å². The van der Waals surface area contributed by atoms with E-state index in [1.165, 1.54) is 24.0 Å². The topological polar surface area (TPSA) is 63.7 Å². The van der Waals surface area contributed by atoms with Crippen molar-refractivity contribution >= 4 is 51.6 Å². The Labute approximate surface area is 150 Å². The van der Waals surface area contributed by atoms with Gasteiger partial charge in [0.2, 0.25) is 0 Å². The number of ether oxygens (including phenoxy) is 1. The molecule has 1 heterocycles. The van der Waals surface area contributed by atoms with Crippen LogP contribution in [0.1, 0.15) is 17.3 Å². The van der Waals surface area contributed by atoms with Crippen LogP contribution in [0.3, 0.4) is 0 Å². The molecule has 124 valence electrons. The van der Waals surface area contributed by atoms with Gasteiger partial charge in [0.05, 0.1) is 31.4 Å². The first-order valence-corrected chi connectivity index (χ1v) is 8.92. The molecular weight excluding hydrogens is 373 g/mol. The fraction of sp³-hybridized carbons (Fsp3) is 0.125. The number of carbonyl (C=O) groups is 2. The van der Waals surface area contributed by atoms with E-state index < -0.39 is 16.8 Å². The molecule has 1 amide bonds. The highest BCUT2D eigenvalue weighted by atomic mass is 35.5. The van der Waals surface area contributed by atoms with Gasteiger partial charge < -0.3 is 4.74 Å². The molecule has 0 spiro atoms. The predicted molar refractivity (Wildman–Crippen MR) is 92.3 cm³/mol. The number of anilines is 1. The van der Waals surface area contributed by atoms with E-state index in [9.17, 15) is 13.8 Å². The van der Waals surface area contributed by atoms with E-state index in [4.69, 9.17) is 27.9 Å². The average molecular weight is 384 g/mol. The van der Waals surface area contributed by atoms with Crippen molar-refractivity contribution in [2.45, 2.75) is 11.8 Å². The van der Waals surface area contributed by atoms with Crippen molar-refractivity contribution in [2.75, 3.05) is 10.8 Å². The lowest BCUT2D eigenvalue weighted by molar-refractivity contribution is -0.131. The molecular formula is C16H11Cl2NO4S. The number of hydrogen-bond acceptors (Lipinski definition) is 4. The van der Waals surface area contributed by atoms with Crippen LogP contribution in [-0.2, 0) is 15.6 Å². The Hall–Kier alpha value is -1.89. The van der Waals surface area contributed by atoms with Gasteiger partial charge in [-0.3, -0.25) is 18.7 Å². The summed E-state index contributed by atoms with van der Waals surface area (Å²) >= 11 is 12.1. The molecule has 1 aliphatic rings. The molecule has 8 heteroatoms. The van der Waals surface area contributed by atoms with E-state index in [0.717, 1.165) is 0 Å². The van der Waals surface area contributed by atoms with Crippen molar-refractivity contribution in [1.29, 1.82) is 0 Å². The Bertz CT molecular complexity index is 861. The number of esters is 1. The minimum Gasteiger partial charge on any atom is -0.424 e. The quantitative estimate of drug-likeness (QED) is 0.586. The number of benzene rings is 2. The number of carbonyl (C=O) groups excluding carboxylic acids is 2. The monoisotopic (exact) mass is 383 g/mol. The molecule has 3 rings (SSSR count). The molecule has 0 aliphatic carbocycles. The highest BCUT2D eigenvalue weighted by Gasteiger charge is 2.31. The summed E-state index contributed by atoms with van der Waals surface area (Å²) in [6, 6.07) is 9.74. The largest absolute Gasteiger partial charge is 0.424 e. The van der Waals surface area contributed by atoms with E-state index in [2.05, 4.69) is 0 Å². The summed E-state index contributed by atoms with van der Waals surface area (Å²) in [5, 5.41) is 0.101. The van der Waals surface area contributed by atoms with Crippen LogP contribution in [0.5, 0.6) is 5.75 Å². The highest BCUT2D eigenvalue weighted by Crippen LogP contribution is 2.37. The first-order chi connectivity index (χ1) is 11.4. The summed E-state index contributed by atoms with van der Waals surface area (Å²) in [6.07, 6.45) is 0. The minimum absolute atomic E-state index is 0.00721. The fourth-order valence-corrected chi connectivity index (χ4v) is 4.21. The number of amides is 1. The molecule has 0 N–H and O–H groups in total. The molecule has 0 bridgehead atoms. The zero-order valence-electron chi connectivity index (χ0n) is 12.4. The average Bonchev–Trinajstić information content (AvgIpc) is 2.87. The highest BCUT2D eigenvalue weighted by molar-refractivity contribution is 7.85. The van der Waals surface area contributed by atoms with Crippen LogP contribution in [0.2, 0.25) is 10.0 Å². The first-order valence-electron chi connectivity index (χ1n) is 6.85. The molecule has 0 saturated heterocycles. The van der Waals surface area contributed by atoms with Gasteiger partial charge in [0, 0.05) is 12.5 Å². The predicted octanol–water partition coefficient (Wildman–Crippen LogP) is 3.64. The van der Waals surface area contributed by atoms with E-state index in [1.54, 1.807) is 24.3 Å². The van der Waals surface area contributed by atoms with Crippen molar-refractivity contribution < 1.29 is 18.5 Å². The Morgan fingerprint density at radius 3 is 2.42 bits per heavy atom. The molecule has 1 aliphatic heterocycles. The van der Waals surface area contributed by atoms with E-state index in [-0.39, 0.29) is 33.1 Å². The summed E-state index contributed by atoms with van der Waals surface area (Å²) in [4.78, 5) is 25.9. The molecule has 1 unspecified atom stereocenters. The van der Waals surface area contributed by atoms with Crippen LogP contribution in [0.4, 0.5) is 5.69 Å². The zero-order chi connectivity index (χ0) is 17.4. The molecule has 24 heavy (non-hydrogen) atoms. The molecule has 0 fully saturated rings. The third kappa shape index (κ3) is 3.05. The molecule has 0 saturated carbocycles. The Morgan fingerprint density at radius 1 is 1.17 bits per heavy atom. The maximum Gasteiger partial charge on any atom is 0.308 e. The number of halogens is 2. The number of nitrogens with zero attached hydrogens (tertiary/aromatic N) is 1. The van der Waals surface area contributed by atoms with Crippen molar-refractivity contribution in [3.8, 4) is 5.75 Å². The second-order valence-corrected chi connectivity index (χ2v) is 7.24. The van der Waals surface area contributed by atoms with Crippen LogP contribution in [0, 0.1) is 0 Å². The van der Waals surface area contributed by atoms with Gasteiger partial charge in [0.1, 0.15) is 5.88 Å². The second-order valence-electron chi connectivity index (χ2n) is 5.04. The maximum absolute atomic E-state index is 12.8. The Morgan fingerprint density at radius 2 is 1.79 bits per heavy atom. The zero-order valence-corrected chi connectivity index (χ0v) is 14.7. The lowest BCUT2D eigenvalue weighted by Gasteiger charge is -2.17. The van der Waals surface area contributed by atoms with Gasteiger partial charge in [-0.25, -0.2) is 0 Å². The smallest absolute Gasteiger partial charge is 0.308 e. The van der Waals surface area contributed by atoms with E-state index >= 15 is 0 Å². The van der Waals surface area contributed by atoms with Crippen molar-refractivity contribution in [3.05, 3.63) is 52.0 Å². The third-order valence-corrected chi connectivity index (χ3v) is 5.27. The van der Waals surface area contributed by atoms with Gasteiger partial charge in [0.25, 0.3) is 5.91 Å². The van der Waals surface area contributed by atoms with Gasteiger partial charge in [0.15, 0.2) is 5.75 Å². The van der Waals surface area contributed by atoms with Crippen LogP contribution >= 0.6 is 23.2 Å². The molecule has 0 radical (unpaired) electrons. The van der Waals surface area contributed by atoms with Crippen molar-refractivity contribution in [2.24, 2.45) is 0 Å². The number of hydrogen-bond donors (Lipinski definition) is 0. The van der Waals surface area contributed by atoms with Gasteiger partial charge in [-0.15, -0.1) is 0 Å². The summed E-state index contributed by atoms with van der Waals surface area (Å²) in [5.74, 6) is -0.875. The lowest BCUT2D eigenvalue weighted by atomic mass is 10.1. The fourth-order valence-electron chi connectivity index (χ4n) is 2.38. The second kappa shape index (κ2) is 6.55. The first kappa shape index (κ1) is 17.0. The molecule has 2 aromatic carbocycles. The van der Waals surface area contributed by atoms with Gasteiger partial charge in [-0.05, 0) is 24.3 Å². The summed E-state index contributed by atoms with van der Waals surface area (Å²) < 4.78 is 17.1. The molecule has 0 aromatic heterocycles. The number of para-hydroxylation sites is 1. The lowest BCUT2D eigenvalue weighted by Crippen LogP contribution is -2.29. The van der Waals surface area contributed by atoms with Gasteiger partial charge >= 0.3 is 5.97 Å². The number of fused-ring (bicyclic) bond motifs is 1. The summed E-state index contributed by atoms with van der Waals surface area (Å²) in [6.45, 7) is 1.22. The normalized spacial score (nSPS) is 16.0. The van der Waals surface area contributed by atoms with Crippen molar-refractivity contribution in [1.82, 2.24) is 0 Å². The Kier molecular flexibility index (Phi) is 4.62. The van der Waals surface area contributed by atoms with Crippen LogP contribution < -0.4 is 9.64 Å². The molecule has 2 aromatic rings. The SMILES string of the molecule is CC(=O)Oc1c(Cl)cc(C(=O)N2CS(=O)c3ccccc32)cc1Cl. The van der Waals surface area contributed by atoms with E-state index in [1.807, 2.05) is 0 Å². The van der Waals surface area contributed by atoms with Crippen LogP contribution in [-0.4, -0.2) is 22.0 Å².